The molecule has 1 aromatic rings. The van der Waals surface area contributed by atoms with Gasteiger partial charge in [0.25, 0.3) is 0 Å². The lowest BCUT2D eigenvalue weighted by Crippen LogP contribution is -2.50. The van der Waals surface area contributed by atoms with Crippen LogP contribution in [0.25, 0.3) is 0 Å². The molecule has 1 saturated heterocycles. The molecule has 1 aliphatic rings. The van der Waals surface area contributed by atoms with Gasteiger partial charge < -0.3 is 25.2 Å². The topological polar surface area (TPSA) is 68.2 Å². The highest BCUT2D eigenvalue weighted by atomic mass is 19.1. The van der Waals surface area contributed by atoms with Crippen LogP contribution < -0.4 is 5.32 Å². The standard InChI is InChI=1S/C18H30FN3O3/c1-21(2)8-9-22(3)17-15(25-16(12-23)18(17)24)11-20-10-13-4-6-14(19)7-5-13/h4-7,15-18,20,23-24H,8-12H2,1-3H3/t15-,16+,17-,18-/m1/s1. The average molecular weight is 355 g/mol. The van der Waals surface area contributed by atoms with Crippen LogP contribution in [0.15, 0.2) is 24.3 Å². The number of aliphatic hydroxyl groups is 2. The fourth-order valence-corrected chi connectivity index (χ4v) is 3.16. The molecule has 0 aromatic heterocycles. The number of aliphatic hydroxyl groups excluding tert-OH is 2. The SMILES string of the molecule is CN(C)CCN(C)[C@H]1[C@H](O)[C@H](CO)O[C@@H]1CNCc1ccc(F)cc1. The monoisotopic (exact) mass is 355 g/mol. The fourth-order valence-electron chi connectivity index (χ4n) is 3.16. The van der Waals surface area contributed by atoms with E-state index in [0.717, 1.165) is 18.7 Å². The number of ether oxygens (including phenoxy) is 1. The van der Waals surface area contributed by atoms with E-state index in [0.29, 0.717) is 13.1 Å². The Kier molecular flexibility index (Phi) is 7.74. The van der Waals surface area contributed by atoms with Crippen LogP contribution in [0.5, 0.6) is 0 Å². The lowest BCUT2D eigenvalue weighted by atomic mass is 10.0. The van der Waals surface area contributed by atoms with E-state index in [4.69, 9.17) is 4.74 Å². The number of nitrogens with one attached hydrogen (secondary N) is 1. The zero-order valence-corrected chi connectivity index (χ0v) is 15.2. The molecule has 0 aliphatic carbocycles. The number of rotatable bonds is 9. The van der Waals surface area contributed by atoms with Crippen LogP contribution in [0.3, 0.4) is 0 Å². The third-order valence-corrected chi connectivity index (χ3v) is 4.64. The highest BCUT2D eigenvalue weighted by molar-refractivity contribution is 5.15. The minimum Gasteiger partial charge on any atom is -0.394 e. The van der Waals surface area contributed by atoms with E-state index < -0.39 is 12.2 Å². The normalized spacial score (nSPS) is 26.7. The van der Waals surface area contributed by atoms with E-state index >= 15 is 0 Å². The Balaban J connectivity index is 1.91. The Morgan fingerprint density at radius 2 is 1.80 bits per heavy atom. The average Bonchev–Trinajstić information content (AvgIpc) is 2.90. The minimum absolute atomic E-state index is 0.183. The molecular weight excluding hydrogens is 325 g/mol. The molecule has 1 aliphatic heterocycles. The van der Waals surface area contributed by atoms with E-state index in [9.17, 15) is 14.6 Å². The molecule has 1 aromatic carbocycles. The number of hydrogen-bond donors (Lipinski definition) is 3. The van der Waals surface area contributed by atoms with E-state index in [2.05, 4.69) is 15.1 Å². The van der Waals surface area contributed by atoms with Crippen LogP contribution in [-0.4, -0.2) is 91.8 Å². The van der Waals surface area contributed by atoms with Crippen molar-refractivity contribution in [2.24, 2.45) is 0 Å². The minimum atomic E-state index is -0.727. The summed E-state index contributed by atoms with van der Waals surface area (Å²) in [7, 11) is 5.98. The molecule has 7 heteroatoms. The summed E-state index contributed by atoms with van der Waals surface area (Å²) in [5.74, 6) is -0.251. The molecule has 2 rings (SSSR count). The van der Waals surface area contributed by atoms with Gasteiger partial charge in [0.2, 0.25) is 0 Å². The fraction of sp³-hybridized carbons (Fsp3) is 0.667. The largest absolute Gasteiger partial charge is 0.394 e. The maximum Gasteiger partial charge on any atom is 0.123 e. The lowest BCUT2D eigenvalue weighted by molar-refractivity contribution is -0.0213. The maximum absolute atomic E-state index is 12.9. The van der Waals surface area contributed by atoms with Gasteiger partial charge in [0, 0.05) is 26.2 Å². The molecule has 4 atom stereocenters. The van der Waals surface area contributed by atoms with Crippen LogP contribution in [0.1, 0.15) is 5.56 Å². The molecule has 0 unspecified atom stereocenters. The summed E-state index contributed by atoms with van der Waals surface area (Å²) in [6.07, 6.45) is -1.51. The van der Waals surface area contributed by atoms with Crippen LogP contribution in [0.2, 0.25) is 0 Å². The molecule has 142 valence electrons. The van der Waals surface area contributed by atoms with Gasteiger partial charge >= 0.3 is 0 Å². The molecule has 0 radical (unpaired) electrons. The first-order chi connectivity index (χ1) is 11.9. The van der Waals surface area contributed by atoms with Gasteiger partial charge in [-0.25, -0.2) is 4.39 Å². The van der Waals surface area contributed by atoms with Crippen molar-refractivity contribution in [3.63, 3.8) is 0 Å². The first kappa shape index (κ1) is 20.2. The van der Waals surface area contributed by atoms with Crippen molar-refractivity contribution in [2.45, 2.75) is 30.9 Å². The smallest absolute Gasteiger partial charge is 0.123 e. The third kappa shape index (κ3) is 5.70. The predicted octanol–water partition coefficient (Wildman–Crippen LogP) is -0.102. The van der Waals surface area contributed by atoms with Crippen molar-refractivity contribution in [1.29, 1.82) is 0 Å². The highest BCUT2D eigenvalue weighted by Crippen LogP contribution is 2.24. The van der Waals surface area contributed by atoms with Gasteiger partial charge in [-0.1, -0.05) is 12.1 Å². The molecule has 1 heterocycles. The summed E-state index contributed by atoms with van der Waals surface area (Å²) < 4.78 is 18.8. The van der Waals surface area contributed by atoms with Gasteiger partial charge in [-0.15, -0.1) is 0 Å². The number of halogens is 1. The van der Waals surface area contributed by atoms with Crippen LogP contribution >= 0.6 is 0 Å². The molecule has 25 heavy (non-hydrogen) atoms. The second-order valence-electron chi connectivity index (χ2n) is 6.92. The number of hydrogen-bond acceptors (Lipinski definition) is 6. The van der Waals surface area contributed by atoms with Gasteiger partial charge in [-0.2, -0.15) is 0 Å². The first-order valence-electron chi connectivity index (χ1n) is 8.67. The molecule has 0 spiro atoms. The molecule has 1 fully saturated rings. The van der Waals surface area contributed by atoms with E-state index in [-0.39, 0.29) is 24.6 Å². The van der Waals surface area contributed by atoms with Gasteiger partial charge in [-0.05, 0) is 38.8 Å². The first-order valence-corrected chi connectivity index (χ1v) is 8.67. The Labute approximate surface area is 149 Å². The highest BCUT2D eigenvalue weighted by Gasteiger charge is 2.44. The van der Waals surface area contributed by atoms with Crippen LogP contribution in [0.4, 0.5) is 4.39 Å². The quantitative estimate of drug-likeness (QED) is 0.575. The van der Waals surface area contributed by atoms with Gasteiger partial charge in [0.1, 0.15) is 18.0 Å². The van der Waals surface area contributed by atoms with Crippen molar-refractivity contribution in [3.05, 3.63) is 35.6 Å². The van der Waals surface area contributed by atoms with Crippen molar-refractivity contribution in [2.75, 3.05) is 47.4 Å². The number of likely N-dealkylation sites (N-methyl/N-ethyl adjacent to an activating group) is 2. The molecule has 6 nitrogen and oxygen atoms in total. The summed E-state index contributed by atoms with van der Waals surface area (Å²) in [5.41, 5.74) is 0.983. The zero-order valence-electron chi connectivity index (χ0n) is 15.2. The number of nitrogens with zero attached hydrogens (tertiary/aromatic N) is 2. The lowest BCUT2D eigenvalue weighted by Gasteiger charge is -2.31. The molecule has 0 bridgehead atoms. The summed E-state index contributed by atoms with van der Waals surface area (Å²) in [6, 6.07) is 6.17. The zero-order chi connectivity index (χ0) is 18.4. The second-order valence-corrected chi connectivity index (χ2v) is 6.92. The molecule has 0 amide bonds. The Bertz CT molecular complexity index is 515. The molecule has 3 N–H and O–H groups in total. The van der Waals surface area contributed by atoms with Crippen LogP contribution in [0, 0.1) is 5.82 Å². The molecular formula is C18H30FN3O3. The molecule has 0 saturated carbocycles. The Morgan fingerprint density at radius 1 is 1.12 bits per heavy atom. The van der Waals surface area contributed by atoms with Crippen molar-refractivity contribution < 1.29 is 19.3 Å². The summed E-state index contributed by atoms with van der Waals surface area (Å²) in [6.45, 7) is 2.60. The van der Waals surface area contributed by atoms with E-state index in [1.807, 2.05) is 21.1 Å². The van der Waals surface area contributed by atoms with Crippen molar-refractivity contribution >= 4 is 0 Å². The Hall–Kier alpha value is -1.09. The van der Waals surface area contributed by atoms with Crippen molar-refractivity contribution in [1.82, 2.24) is 15.1 Å². The summed E-state index contributed by atoms with van der Waals surface area (Å²) in [4.78, 5) is 4.18. The maximum atomic E-state index is 12.9. The summed E-state index contributed by atoms with van der Waals surface area (Å²) >= 11 is 0. The van der Waals surface area contributed by atoms with Crippen molar-refractivity contribution in [3.8, 4) is 0 Å². The predicted molar refractivity (Wildman–Crippen MR) is 94.8 cm³/mol. The van der Waals surface area contributed by atoms with Gasteiger partial charge in [-0.3, -0.25) is 4.90 Å². The summed E-state index contributed by atoms with van der Waals surface area (Å²) in [5, 5.41) is 23.2. The van der Waals surface area contributed by atoms with E-state index in [1.165, 1.54) is 12.1 Å². The van der Waals surface area contributed by atoms with Gasteiger partial charge in [0.05, 0.1) is 18.8 Å². The second kappa shape index (κ2) is 9.56. The third-order valence-electron chi connectivity index (χ3n) is 4.64. The van der Waals surface area contributed by atoms with Gasteiger partial charge in [0.15, 0.2) is 0 Å². The number of benzene rings is 1. The van der Waals surface area contributed by atoms with Crippen LogP contribution in [-0.2, 0) is 11.3 Å². The Morgan fingerprint density at radius 3 is 2.40 bits per heavy atom. The van der Waals surface area contributed by atoms with E-state index in [1.54, 1.807) is 12.1 Å².